The molecule has 0 spiro atoms. The fourth-order valence-electron chi connectivity index (χ4n) is 2.30. The van der Waals surface area contributed by atoms with Crippen molar-refractivity contribution in [3.63, 3.8) is 0 Å². The van der Waals surface area contributed by atoms with Gasteiger partial charge in [0.05, 0.1) is 16.6 Å². The molecule has 5 nitrogen and oxygen atoms in total. The predicted molar refractivity (Wildman–Crippen MR) is 80.0 cm³/mol. The second-order valence-corrected chi connectivity index (χ2v) is 6.26. The second-order valence-electron chi connectivity index (χ2n) is 5.00. The van der Waals surface area contributed by atoms with Crippen LogP contribution in [0.3, 0.4) is 0 Å². The fraction of sp³-hybridized carbons (Fsp3) is 0.385. The number of amides is 2. The Labute approximate surface area is 134 Å². The van der Waals surface area contributed by atoms with Gasteiger partial charge in [0, 0.05) is 17.6 Å². The molecule has 8 heteroatoms. The third kappa shape index (κ3) is 3.47. The van der Waals surface area contributed by atoms with Crippen molar-refractivity contribution in [1.82, 2.24) is 4.90 Å². The number of carbonyl (C=O) groups is 2. The molecule has 114 valence electrons. The van der Waals surface area contributed by atoms with Crippen molar-refractivity contribution < 1.29 is 19.1 Å². The van der Waals surface area contributed by atoms with Gasteiger partial charge >= 0.3 is 12.0 Å². The molecule has 0 radical (unpaired) electrons. The lowest BCUT2D eigenvalue weighted by Gasteiger charge is -2.18. The van der Waals surface area contributed by atoms with Crippen LogP contribution < -0.4 is 5.32 Å². The van der Waals surface area contributed by atoms with Crippen LogP contribution in [0.4, 0.5) is 14.9 Å². The summed E-state index contributed by atoms with van der Waals surface area (Å²) in [6.45, 7) is 2.27. The standard InChI is InChI=1S/C13H13BrClFN2O3/c1-6-4-18(5-8(6)12(19)20)13(21)17-11-9(14)2-7(16)3-10(11)15/h2-3,6,8H,4-5H2,1H3,(H,17,21)(H,19,20). The number of benzene rings is 1. The van der Waals surface area contributed by atoms with Crippen molar-refractivity contribution in [3.05, 3.63) is 27.4 Å². The zero-order valence-electron chi connectivity index (χ0n) is 11.1. The van der Waals surface area contributed by atoms with E-state index in [4.69, 9.17) is 16.7 Å². The highest BCUT2D eigenvalue weighted by Crippen LogP contribution is 2.32. The number of carboxylic acids is 1. The quantitative estimate of drug-likeness (QED) is 0.827. The highest BCUT2D eigenvalue weighted by atomic mass is 79.9. The SMILES string of the molecule is CC1CN(C(=O)Nc2c(Cl)cc(F)cc2Br)CC1C(=O)O. The molecular formula is C13H13BrClFN2O3. The number of halogens is 3. The van der Waals surface area contributed by atoms with Crippen molar-refractivity contribution in [2.75, 3.05) is 18.4 Å². The van der Waals surface area contributed by atoms with Crippen LogP contribution in [0.5, 0.6) is 0 Å². The Hall–Kier alpha value is -1.34. The van der Waals surface area contributed by atoms with Crippen LogP contribution in [0.25, 0.3) is 0 Å². The van der Waals surface area contributed by atoms with Crippen molar-refractivity contribution >= 4 is 45.2 Å². The van der Waals surface area contributed by atoms with E-state index in [1.54, 1.807) is 6.92 Å². The van der Waals surface area contributed by atoms with Gasteiger partial charge < -0.3 is 15.3 Å². The van der Waals surface area contributed by atoms with Crippen LogP contribution in [0.15, 0.2) is 16.6 Å². The molecule has 2 amide bonds. The van der Waals surface area contributed by atoms with E-state index in [9.17, 15) is 14.0 Å². The summed E-state index contributed by atoms with van der Waals surface area (Å²) in [6, 6.07) is 1.82. The number of rotatable bonds is 2. The number of likely N-dealkylation sites (tertiary alicyclic amines) is 1. The topological polar surface area (TPSA) is 69.6 Å². The predicted octanol–water partition coefficient (Wildman–Crippen LogP) is 3.43. The lowest BCUT2D eigenvalue weighted by atomic mass is 9.99. The third-order valence-corrected chi connectivity index (χ3v) is 4.38. The molecule has 2 rings (SSSR count). The van der Waals surface area contributed by atoms with Gasteiger partial charge in [-0.15, -0.1) is 0 Å². The average molecular weight is 380 g/mol. The lowest BCUT2D eigenvalue weighted by Crippen LogP contribution is -2.34. The minimum absolute atomic E-state index is 0.0669. The molecule has 2 unspecified atom stereocenters. The van der Waals surface area contributed by atoms with E-state index in [-0.39, 0.29) is 23.2 Å². The molecule has 2 atom stereocenters. The Morgan fingerprint density at radius 1 is 1.48 bits per heavy atom. The van der Waals surface area contributed by atoms with Crippen LogP contribution in [-0.2, 0) is 4.79 Å². The van der Waals surface area contributed by atoms with Crippen LogP contribution >= 0.6 is 27.5 Å². The molecule has 0 aliphatic carbocycles. The Bertz CT molecular complexity index is 576. The number of hydrogen-bond acceptors (Lipinski definition) is 2. The molecule has 0 aromatic heterocycles. The van der Waals surface area contributed by atoms with Crippen molar-refractivity contribution in [2.45, 2.75) is 6.92 Å². The summed E-state index contributed by atoms with van der Waals surface area (Å²) in [4.78, 5) is 24.6. The summed E-state index contributed by atoms with van der Waals surface area (Å²) in [5, 5.41) is 11.7. The molecule has 1 heterocycles. The minimum atomic E-state index is -0.918. The lowest BCUT2D eigenvalue weighted by molar-refractivity contribution is -0.142. The Morgan fingerprint density at radius 2 is 2.14 bits per heavy atom. The van der Waals surface area contributed by atoms with Crippen molar-refractivity contribution in [2.24, 2.45) is 11.8 Å². The molecule has 1 saturated heterocycles. The number of anilines is 1. The third-order valence-electron chi connectivity index (χ3n) is 3.46. The van der Waals surface area contributed by atoms with Gasteiger partial charge in [0.15, 0.2) is 0 Å². The van der Waals surface area contributed by atoms with Crippen molar-refractivity contribution in [3.8, 4) is 0 Å². The summed E-state index contributed by atoms with van der Waals surface area (Å²) in [5.74, 6) is -2.15. The van der Waals surface area contributed by atoms with E-state index in [2.05, 4.69) is 21.2 Å². The molecule has 0 saturated carbocycles. The number of aliphatic carboxylic acids is 1. The van der Waals surface area contributed by atoms with Gasteiger partial charge in [-0.2, -0.15) is 0 Å². The van der Waals surface area contributed by atoms with Gasteiger partial charge in [0.2, 0.25) is 0 Å². The normalized spacial score (nSPS) is 21.4. The van der Waals surface area contributed by atoms with Gasteiger partial charge in [-0.3, -0.25) is 4.79 Å². The second kappa shape index (κ2) is 6.19. The first-order valence-electron chi connectivity index (χ1n) is 6.23. The summed E-state index contributed by atoms with van der Waals surface area (Å²) in [6.07, 6.45) is 0. The number of hydrogen-bond donors (Lipinski definition) is 2. The monoisotopic (exact) mass is 378 g/mol. The molecule has 1 aromatic carbocycles. The fourth-order valence-corrected chi connectivity index (χ4v) is 3.20. The molecule has 21 heavy (non-hydrogen) atoms. The van der Waals surface area contributed by atoms with Gasteiger partial charge in [-0.05, 0) is 34.0 Å². The maximum Gasteiger partial charge on any atom is 0.321 e. The maximum atomic E-state index is 13.1. The van der Waals surface area contributed by atoms with Gasteiger partial charge in [-0.1, -0.05) is 18.5 Å². The van der Waals surface area contributed by atoms with Gasteiger partial charge in [0.1, 0.15) is 5.82 Å². The molecule has 0 bridgehead atoms. The van der Waals surface area contributed by atoms with E-state index in [0.717, 1.165) is 6.07 Å². The van der Waals surface area contributed by atoms with Crippen LogP contribution in [-0.4, -0.2) is 35.1 Å². The summed E-state index contributed by atoms with van der Waals surface area (Å²) in [7, 11) is 0. The van der Waals surface area contributed by atoms with Gasteiger partial charge in [-0.25, -0.2) is 9.18 Å². The van der Waals surface area contributed by atoms with E-state index < -0.39 is 23.7 Å². The van der Waals surface area contributed by atoms with Crippen LogP contribution in [0.1, 0.15) is 6.92 Å². The number of urea groups is 1. The first-order chi connectivity index (χ1) is 9.79. The number of carboxylic acid groups (broad SMARTS) is 1. The molecule has 1 aliphatic heterocycles. The molecule has 2 N–H and O–H groups in total. The highest BCUT2D eigenvalue weighted by Gasteiger charge is 2.37. The Balaban J connectivity index is 2.11. The number of nitrogens with one attached hydrogen (secondary N) is 1. The highest BCUT2D eigenvalue weighted by molar-refractivity contribution is 9.10. The van der Waals surface area contributed by atoms with E-state index in [1.807, 2.05) is 0 Å². The average Bonchev–Trinajstić information content (AvgIpc) is 2.75. The summed E-state index contributed by atoms with van der Waals surface area (Å²) >= 11 is 9.03. The Kier molecular flexibility index (Phi) is 4.73. The van der Waals surface area contributed by atoms with Crippen LogP contribution in [0, 0.1) is 17.7 Å². The summed E-state index contributed by atoms with van der Waals surface area (Å²) in [5.41, 5.74) is 0.259. The van der Waals surface area contributed by atoms with E-state index in [1.165, 1.54) is 11.0 Å². The number of nitrogens with zero attached hydrogens (tertiary/aromatic N) is 1. The first-order valence-corrected chi connectivity index (χ1v) is 7.40. The first kappa shape index (κ1) is 16.0. The number of carbonyl (C=O) groups excluding carboxylic acids is 1. The maximum absolute atomic E-state index is 13.1. The zero-order valence-corrected chi connectivity index (χ0v) is 13.4. The molecule has 1 aromatic rings. The summed E-state index contributed by atoms with van der Waals surface area (Å²) < 4.78 is 13.5. The Morgan fingerprint density at radius 3 is 2.67 bits per heavy atom. The van der Waals surface area contributed by atoms with Crippen molar-refractivity contribution in [1.29, 1.82) is 0 Å². The zero-order chi connectivity index (χ0) is 15.7. The molecule has 1 aliphatic rings. The largest absolute Gasteiger partial charge is 0.481 e. The smallest absolute Gasteiger partial charge is 0.321 e. The molecule has 1 fully saturated rings. The van der Waals surface area contributed by atoms with E-state index in [0.29, 0.717) is 11.0 Å². The van der Waals surface area contributed by atoms with Crippen LogP contribution in [0.2, 0.25) is 5.02 Å². The minimum Gasteiger partial charge on any atom is -0.481 e. The van der Waals surface area contributed by atoms with E-state index >= 15 is 0 Å². The van der Waals surface area contributed by atoms with Gasteiger partial charge in [0.25, 0.3) is 0 Å². The molecular weight excluding hydrogens is 367 g/mol.